The van der Waals surface area contributed by atoms with Crippen LogP contribution >= 0.6 is 0 Å². The Bertz CT molecular complexity index is 379. The largest absolute Gasteiger partial charge is 0.384 e. The SMILES string of the molecule is CC(N)C1=C(NCc2ccccc2)CCCC1. The Morgan fingerprint density at radius 1 is 1.18 bits per heavy atom. The average Bonchev–Trinajstić information content (AvgIpc) is 2.38. The summed E-state index contributed by atoms with van der Waals surface area (Å²) in [7, 11) is 0. The predicted octanol–water partition coefficient (Wildman–Crippen LogP) is 2.95. The van der Waals surface area contributed by atoms with Crippen LogP contribution < -0.4 is 11.1 Å². The summed E-state index contributed by atoms with van der Waals surface area (Å²) in [5, 5.41) is 3.57. The number of nitrogens with two attached hydrogens (primary N) is 1. The van der Waals surface area contributed by atoms with E-state index in [-0.39, 0.29) is 6.04 Å². The van der Waals surface area contributed by atoms with Gasteiger partial charge in [-0.3, -0.25) is 0 Å². The van der Waals surface area contributed by atoms with E-state index >= 15 is 0 Å². The lowest BCUT2D eigenvalue weighted by Gasteiger charge is -2.24. The van der Waals surface area contributed by atoms with Gasteiger partial charge in [0.05, 0.1) is 0 Å². The molecular formula is C15H22N2. The third-order valence-corrected chi connectivity index (χ3v) is 3.41. The molecule has 1 unspecified atom stereocenters. The van der Waals surface area contributed by atoms with Crippen LogP contribution in [0.2, 0.25) is 0 Å². The van der Waals surface area contributed by atoms with Crippen molar-refractivity contribution in [2.75, 3.05) is 0 Å². The van der Waals surface area contributed by atoms with Gasteiger partial charge in [0.1, 0.15) is 0 Å². The molecule has 92 valence electrons. The van der Waals surface area contributed by atoms with Gasteiger partial charge < -0.3 is 11.1 Å². The molecule has 2 nitrogen and oxygen atoms in total. The van der Waals surface area contributed by atoms with Gasteiger partial charge in [0.2, 0.25) is 0 Å². The molecule has 3 N–H and O–H groups in total. The van der Waals surface area contributed by atoms with E-state index in [1.165, 1.54) is 29.7 Å². The van der Waals surface area contributed by atoms with Crippen LogP contribution in [0.25, 0.3) is 0 Å². The molecule has 0 amide bonds. The molecule has 0 aromatic heterocycles. The van der Waals surface area contributed by atoms with Crippen molar-refractivity contribution in [3.8, 4) is 0 Å². The maximum atomic E-state index is 6.03. The zero-order valence-electron chi connectivity index (χ0n) is 10.6. The van der Waals surface area contributed by atoms with Crippen molar-refractivity contribution in [3.05, 3.63) is 47.2 Å². The molecule has 0 fully saturated rings. The molecule has 1 aromatic rings. The van der Waals surface area contributed by atoms with Gasteiger partial charge in [-0.15, -0.1) is 0 Å². The van der Waals surface area contributed by atoms with E-state index in [0.717, 1.165) is 19.4 Å². The minimum atomic E-state index is 0.188. The van der Waals surface area contributed by atoms with E-state index in [0.29, 0.717) is 0 Å². The topological polar surface area (TPSA) is 38.0 Å². The van der Waals surface area contributed by atoms with Crippen LogP contribution in [0.4, 0.5) is 0 Å². The number of hydrogen-bond acceptors (Lipinski definition) is 2. The lowest BCUT2D eigenvalue weighted by Crippen LogP contribution is -2.26. The van der Waals surface area contributed by atoms with E-state index < -0.39 is 0 Å². The highest BCUT2D eigenvalue weighted by Gasteiger charge is 2.15. The van der Waals surface area contributed by atoms with E-state index in [2.05, 4.69) is 42.6 Å². The number of hydrogen-bond donors (Lipinski definition) is 2. The number of allylic oxidation sites excluding steroid dienone is 1. The van der Waals surface area contributed by atoms with Gasteiger partial charge in [0.15, 0.2) is 0 Å². The Labute approximate surface area is 104 Å². The fourth-order valence-corrected chi connectivity index (χ4v) is 2.44. The Hall–Kier alpha value is -1.28. The Kier molecular flexibility index (Phi) is 4.21. The second kappa shape index (κ2) is 5.87. The van der Waals surface area contributed by atoms with Crippen molar-refractivity contribution >= 4 is 0 Å². The first kappa shape index (κ1) is 12.2. The van der Waals surface area contributed by atoms with E-state index in [1.54, 1.807) is 0 Å². The molecule has 0 bridgehead atoms. The smallest absolute Gasteiger partial charge is 0.0397 e. The standard InChI is InChI=1S/C15H22N2/c1-12(16)14-9-5-6-10-15(14)17-11-13-7-3-2-4-8-13/h2-4,7-8,12,17H,5-6,9-11,16H2,1H3. The fourth-order valence-electron chi connectivity index (χ4n) is 2.44. The van der Waals surface area contributed by atoms with Crippen LogP contribution in [0.15, 0.2) is 41.6 Å². The van der Waals surface area contributed by atoms with Crippen LogP contribution in [0.1, 0.15) is 38.2 Å². The molecular weight excluding hydrogens is 208 g/mol. The van der Waals surface area contributed by atoms with E-state index in [1.807, 2.05) is 0 Å². The van der Waals surface area contributed by atoms with Crippen LogP contribution in [0, 0.1) is 0 Å². The molecule has 0 heterocycles. The lowest BCUT2D eigenvalue weighted by molar-refractivity contribution is 0.583. The summed E-state index contributed by atoms with van der Waals surface area (Å²) in [6, 6.07) is 10.7. The maximum absolute atomic E-state index is 6.03. The van der Waals surface area contributed by atoms with Crippen molar-refractivity contribution in [3.63, 3.8) is 0 Å². The van der Waals surface area contributed by atoms with E-state index in [4.69, 9.17) is 5.73 Å². The minimum absolute atomic E-state index is 0.188. The van der Waals surface area contributed by atoms with Crippen LogP contribution in [-0.4, -0.2) is 6.04 Å². The average molecular weight is 230 g/mol. The first-order valence-electron chi connectivity index (χ1n) is 6.52. The van der Waals surface area contributed by atoms with Crippen molar-refractivity contribution in [2.24, 2.45) is 5.73 Å². The summed E-state index contributed by atoms with van der Waals surface area (Å²) >= 11 is 0. The molecule has 0 aliphatic heterocycles. The zero-order valence-corrected chi connectivity index (χ0v) is 10.6. The first-order valence-corrected chi connectivity index (χ1v) is 6.52. The summed E-state index contributed by atoms with van der Waals surface area (Å²) in [6.07, 6.45) is 4.89. The quantitative estimate of drug-likeness (QED) is 0.834. The molecule has 2 rings (SSSR count). The lowest BCUT2D eigenvalue weighted by atomic mass is 9.92. The van der Waals surface area contributed by atoms with Crippen molar-refractivity contribution in [2.45, 2.75) is 45.2 Å². The highest BCUT2D eigenvalue weighted by atomic mass is 14.9. The molecule has 0 radical (unpaired) electrons. The summed E-state index contributed by atoms with van der Waals surface area (Å²) in [5.41, 5.74) is 10.2. The van der Waals surface area contributed by atoms with Crippen LogP contribution in [-0.2, 0) is 6.54 Å². The van der Waals surface area contributed by atoms with Crippen molar-refractivity contribution < 1.29 is 0 Å². The summed E-state index contributed by atoms with van der Waals surface area (Å²) in [4.78, 5) is 0. The molecule has 1 aliphatic rings. The van der Waals surface area contributed by atoms with Gasteiger partial charge in [0, 0.05) is 18.3 Å². The fraction of sp³-hybridized carbons (Fsp3) is 0.467. The summed E-state index contributed by atoms with van der Waals surface area (Å²) in [5.74, 6) is 0. The Morgan fingerprint density at radius 3 is 2.59 bits per heavy atom. The maximum Gasteiger partial charge on any atom is 0.0397 e. The molecule has 17 heavy (non-hydrogen) atoms. The van der Waals surface area contributed by atoms with Gasteiger partial charge >= 0.3 is 0 Å². The molecule has 0 saturated heterocycles. The molecule has 0 saturated carbocycles. The highest BCUT2D eigenvalue weighted by Crippen LogP contribution is 2.24. The van der Waals surface area contributed by atoms with Crippen molar-refractivity contribution in [1.82, 2.24) is 5.32 Å². The van der Waals surface area contributed by atoms with Gasteiger partial charge in [-0.25, -0.2) is 0 Å². The van der Waals surface area contributed by atoms with Gasteiger partial charge in [-0.2, -0.15) is 0 Å². The van der Waals surface area contributed by atoms with Gasteiger partial charge in [-0.05, 0) is 43.7 Å². The summed E-state index contributed by atoms with van der Waals surface area (Å²) in [6.45, 7) is 3.00. The Morgan fingerprint density at radius 2 is 1.88 bits per heavy atom. The second-order valence-corrected chi connectivity index (χ2v) is 4.84. The number of benzene rings is 1. The number of nitrogens with one attached hydrogen (secondary N) is 1. The third kappa shape index (κ3) is 3.34. The molecule has 1 aliphatic carbocycles. The second-order valence-electron chi connectivity index (χ2n) is 4.84. The van der Waals surface area contributed by atoms with Gasteiger partial charge in [0.25, 0.3) is 0 Å². The van der Waals surface area contributed by atoms with Gasteiger partial charge in [-0.1, -0.05) is 30.3 Å². The first-order chi connectivity index (χ1) is 8.27. The predicted molar refractivity (Wildman–Crippen MR) is 72.4 cm³/mol. The van der Waals surface area contributed by atoms with Crippen molar-refractivity contribution in [1.29, 1.82) is 0 Å². The monoisotopic (exact) mass is 230 g/mol. The normalized spacial score (nSPS) is 18.0. The molecule has 0 spiro atoms. The van der Waals surface area contributed by atoms with E-state index in [9.17, 15) is 0 Å². The zero-order chi connectivity index (χ0) is 12.1. The molecule has 1 aromatic carbocycles. The highest BCUT2D eigenvalue weighted by molar-refractivity contribution is 5.22. The third-order valence-electron chi connectivity index (χ3n) is 3.41. The minimum Gasteiger partial charge on any atom is -0.384 e. The number of rotatable bonds is 4. The molecule has 2 heteroatoms. The van der Waals surface area contributed by atoms with Crippen LogP contribution in [0.3, 0.4) is 0 Å². The summed E-state index contributed by atoms with van der Waals surface area (Å²) < 4.78 is 0. The molecule has 1 atom stereocenters. The van der Waals surface area contributed by atoms with Crippen LogP contribution in [0.5, 0.6) is 0 Å². The Balaban J connectivity index is 2.01.